The number of allylic oxidation sites excluding steroid dienone is 17. The monoisotopic (exact) mass is 954 g/mol. The van der Waals surface area contributed by atoms with Gasteiger partial charge in [-0.25, -0.2) is 4.57 Å². The number of hydrogen-bond acceptors (Lipinski definition) is 5. The first kappa shape index (κ1) is 64.2. The number of aliphatic hydroxyl groups excluding tert-OH is 1. The van der Waals surface area contributed by atoms with Crippen LogP contribution in [-0.2, 0) is 18.4 Å². The summed E-state index contributed by atoms with van der Waals surface area (Å²) in [5.74, 6) is -0.195. The Bertz CT molecular complexity index is 1450. The minimum Gasteiger partial charge on any atom is -0.387 e. The van der Waals surface area contributed by atoms with Crippen molar-refractivity contribution in [2.24, 2.45) is 0 Å². The van der Waals surface area contributed by atoms with Gasteiger partial charge in [-0.2, -0.15) is 0 Å². The Labute approximate surface area is 412 Å². The SMILES string of the molecule is CC/C=C\C/C=C\C/C=C\C/C=C\C/C=C\C/C=C\C/C=C\CCCCCCCCCCCCCCCC(=O)NC(COP(=O)(O)OCC[N+](C)(C)C)C(O)/C=C/CC/C=C/CCCCCC. The first-order valence-corrected chi connectivity index (χ1v) is 28.3. The van der Waals surface area contributed by atoms with Crippen LogP contribution in [0.2, 0.25) is 0 Å². The van der Waals surface area contributed by atoms with Gasteiger partial charge in [0.15, 0.2) is 0 Å². The van der Waals surface area contributed by atoms with Crippen molar-refractivity contribution in [1.29, 1.82) is 0 Å². The predicted octanol–water partition coefficient (Wildman–Crippen LogP) is 16.0. The number of nitrogens with zero attached hydrogens (tertiary/aromatic N) is 1. The molecule has 0 fully saturated rings. The Balaban J connectivity index is 4.06. The minimum absolute atomic E-state index is 0.0513. The van der Waals surface area contributed by atoms with Crippen LogP contribution in [0.3, 0.4) is 0 Å². The summed E-state index contributed by atoms with van der Waals surface area (Å²) in [7, 11) is 1.54. The molecule has 0 aliphatic heterocycles. The lowest BCUT2D eigenvalue weighted by molar-refractivity contribution is -0.870. The van der Waals surface area contributed by atoms with E-state index >= 15 is 0 Å². The zero-order chi connectivity index (χ0) is 49.2. The van der Waals surface area contributed by atoms with Crippen molar-refractivity contribution in [3.63, 3.8) is 0 Å². The third-order valence-electron chi connectivity index (χ3n) is 11.2. The number of nitrogens with one attached hydrogen (secondary N) is 1. The molecule has 9 heteroatoms. The topological polar surface area (TPSA) is 105 Å². The van der Waals surface area contributed by atoms with Gasteiger partial charge in [0, 0.05) is 6.42 Å². The molecule has 0 radical (unpaired) electrons. The number of aliphatic hydroxyl groups is 1. The van der Waals surface area contributed by atoms with Gasteiger partial charge in [-0.1, -0.05) is 213 Å². The number of quaternary nitrogens is 1. The predicted molar refractivity (Wildman–Crippen MR) is 290 cm³/mol. The maximum absolute atomic E-state index is 12.9. The lowest BCUT2D eigenvalue weighted by Crippen LogP contribution is -2.45. The molecule has 0 aromatic rings. The largest absolute Gasteiger partial charge is 0.472 e. The van der Waals surface area contributed by atoms with Crippen molar-refractivity contribution in [3.05, 3.63) is 109 Å². The van der Waals surface area contributed by atoms with Crippen LogP contribution in [0.4, 0.5) is 0 Å². The number of amides is 1. The van der Waals surface area contributed by atoms with E-state index in [9.17, 15) is 19.4 Å². The number of carbonyl (C=O) groups excluding carboxylic acids is 1. The highest BCUT2D eigenvalue weighted by Gasteiger charge is 2.27. The van der Waals surface area contributed by atoms with Gasteiger partial charge in [0.25, 0.3) is 0 Å². The van der Waals surface area contributed by atoms with Crippen LogP contribution in [0.15, 0.2) is 109 Å². The smallest absolute Gasteiger partial charge is 0.387 e. The fourth-order valence-corrected chi connectivity index (χ4v) is 7.77. The van der Waals surface area contributed by atoms with Crippen LogP contribution in [-0.4, -0.2) is 73.4 Å². The Kier molecular flexibility index (Phi) is 46.2. The van der Waals surface area contributed by atoms with Crippen molar-refractivity contribution in [2.45, 2.75) is 212 Å². The highest BCUT2D eigenvalue weighted by molar-refractivity contribution is 7.47. The van der Waals surface area contributed by atoms with Gasteiger partial charge in [0.2, 0.25) is 5.91 Å². The summed E-state index contributed by atoms with van der Waals surface area (Å²) >= 11 is 0. The maximum atomic E-state index is 12.9. The van der Waals surface area contributed by atoms with Crippen LogP contribution >= 0.6 is 7.82 Å². The van der Waals surface area contributed by atoms with E-state index in [1.807, 2.05) is 27.2 Å². The third-order valence-corrected chi connectivity index (χ3v) is 12.2. The van der Waals surface area contributed by atoms with Gasteiger partial charge in [-0.3, -0.25) is 13.8 Å². The van der Waals surface area contributed by atoms with Crippen molar-refractivity contribution in [3.8, 4) is 0 Å². The second kappa shape index (κ2) is 48.2. The van der Waals surface area contributed by atoms with Crippen molar-refractivity contribution in [1.82, 2.24) is 5.32 Å². The Morgan fingerprint density at radius 1 is 0.522 bits per heavy atom. The van der Waals surface area contributed by atoms with E-state index in [1.54, 1.807) is 6.08 Å². The van der Waals surface area contributed by atoms with Gasteiger partial charge in [-0.15, -0.1) is 0 Å². The Morgan fingerprint density at radius 3 is 1.37 bits per heavy atom. The molecule has 3 unspecified atom stereocenters. The van der Waals surface area contributed by atoms with Gasteiger partial charge in [-0.05, 0) is 89.9 Å². The van der Waals surface area contributed by atoms with Crippen LogP contribution < -0.4 is 5.32 Å². The molecule has 0 saturated heterocycles. The fourth-order valence-electron chi connectivity index (χ4n) is 7.04. The molecule has 0 aliphatic rings. The lowest BCUT2D eigenvalue weighted by Gasteiger charge is -2.25. The number of likely N-dealkylation sites (N-methyl/N-ethyl adjacent to an activating group) is 1. The summed E-state index contributed by atoms with van der Waals surface area (Å²) in [6.45, 7) is 4.62. The molecule has 0 rings (SSSR count). The Morgan fingerprint density at radius 2 is 0.910 bits per heavy atom. The van der Waals surface area contributed by atoms with E-state index in [2.05, 4.69) is 116 Å². The molecule has 8 nitrogen and oxygen atoms in total. The Hall–Kier alpha value is -2.84. The summed E-state index contributed by atoms with van der Waals surface area (Å²) in [5.41, 5.74) is 0. The van der Waals surface area contributed by atoms with Crippen molar-refractivity contribution in [2.75, 3.05) is 40.9 Å². The first-order chi connectivity index (χ1) is 32.5. The van der Waals surface area contributed by atoms with Crippen LogP contribution in [0, 0.1) is 0 Å². The zero-order valence-corrected chi connectivity index (χ0v) is 44.5. The second-order valence-corrected chi connectivity index (χ2v) is 20.3. The van der Waals surface area contributed by atoms with Crippen LogP contribution in [0.5, 0.6) is 0 Å². The standard InChI is InChI=1S/C58H101N2O6P/c1-6-8-10-12-14-16-18-19-20-21-22-23-24-25-26-27-28-29-30-31-32-33-34-35-36-37-38-39-40-41-42-44-46-48-50-52-58(62)59-56(55-66-67(63,64)65-54-53-60(3,4)5)57(61)51-49-47-45-43-17-15-13-11-9-7-2/h8,10,14,16-17,19-20,22-23,25-26,28-29,31-32,43,49,51,56-57,61H,6-7,9,11-13,15,18,21,24,27,30,33-42,44-48,50,52-55H2,1-5H3,(H-,59,62,63,64)/p+1/b10-8-,16-14-,20-19-,23-22-,26-25-,29-28-,32-31-,43-17+,51-49+. The average molecular weight is 954 g/mol. The molecule has 0 aliphatic carbocycles. The normalized spacial score (nSPS) is 14.9. The summed E-state index contributed by atoms with van der Waals surface area (Å²) in [6.07, 6.45) is 70.6. The number of carbonyl (C=O) groups is 1. The molecular weight excluding hydrogens is 852 g/mol. The van der Waals surface area contributed by atoms with E-state index in [0.717, 1.165) is 83.5 Å². The molecule has 67 heavy (non-hydrogen) atoms. The zero-order valence-electron chi connectivity index (χ0n) is 43.6. The number of rotatable bonds is 47. The molecule has 0 saturated carbocycles. The summed E-state index contributed by atoms with van der Waals surface area (Å²) in [6, 6.07) is -0.868. The third kappa shape index (κ3) is 50.9. The summed E-state index contributed by atoms with van der Waals surface area (Å²) < 4.78 is 23.5. The molecule has 3 atom stereocenters. The van der Waals surface area contributed by atoms with Gasteiger partial charge < -0.3 is 19.8 Å². The number of phosphoric acid groups is 1. The molecule has 3 N–H and O–H groups in total. The molecule has 0 spiro atoms. The van der Waals surface area contributed by atoms with E-state index < -0.39 is 20.0 Å². The number of unbranched alkanes of at least 4 members (excludes halogenated alkanes) is 18. The molecule has 1 amide bonds. The van der Waals surface area contributed by atoms with E-state index in [-0.39, 0.29) is 19.1 Å². The summed E-state index contributed by atoms with van der Waals surface area (Å²) in [5, 5.41) is 13.8. The van der Waals surface area contributed by atoms with Gasteiger partial charge in [0.1, 0.15) is 13.2 Å². The van der Waals surface area contributed by atoms with Crippen LogP contribution in [0.25, 0.3) is 0 Å². The molecule has 0 heterocycles. The van der Waals surface area contributed by atoms with Gasteiger partial charge >= 0.3 is 7.82 Å². The molecule has 0 aromatic heterocycles. The average Bonchev–Trinajstić information content (AvgIpc) is 3.29. The minimum atomic E-state index is -4.35. The molecular formula is C58H102N2O6P+. The quantitative estimate of drug-likeness (QED) is 0.0243. The van der Waals surface area contributed by atoms with E-state index in [1.165, 1.54) is 96.3 Å². The lowest BCUT2D eigenvalue weighted by atomic mass is 10.0. The first-order valence-electron chi connectivity index (χ1n) is 26.8. The number of hydrogen-bond donors (Lipinski definition) is 3. The van der Waals surface area contributed by atoms with Gasteiger partial charge in [0.05, 0.1) is 39.9 Å². The van der Waals surface area contributed by atoms with Crippen LogP contribution in [0.1, 0.15) is 200 Å². The summed E-state index contributed by atoms with van der Waals surface area (Å²) in [4.78, 5) is 23.2. The second-order valence-electron chi connectivity index (χ2n) is 18.9. The molecule has 384 valence electrons. The van der Waals surface area contributed by atoms with Crippen molar-refractivity contribution < 1.29 is 32.9 Å². The van der Waals surface area contributed by atoms with E-state index in [0.29, 0.717) is 17.4 Å². The van der Waals surface area contributed by atoms with Crippen molar-refractivity contribution >= 4 is 13.7 Å². The number of phosphoric ester groups is 1. The highest BCUT2D eigenvalue weighted by Crippen LogP contribution is 2.43. The molecule has 0 aromatic carbocycles. The highest BCUT2D eigenvalue weighted by atomic mass is 31.2. The fraction of sp³-hybridized carbons (Fsp3) is 0.672. The maximum Gasteiger partial charge on any atom is 0.472 e. The molecule has 0 bridgehead atoms. The van der Waals surface area contributed by atoms with E-state index in [4.69, 9.17) is 9.05 Å².